The van der Waals surface area contributed by atoms with E-state index in [1.807, 2.05) is 6.92 Å². The Labute approximate surface area is 125 Å². The normalized spacial score (nSPS) is 15.5. The number of benzene rings is 1. The van der Waals surface area contributed by atoms with Gasteiger partial charge in [0.2, 0.25) is 5.91 Å². The minimum Gasteiger partial charge on any atom is -0.383 e. The second-order valence-electron chi connectivity index (χ2n) is 5.32. The molecule has 21 heavy (non-hydrogen) atoms. The van der Waals surface area contributed by atoms with Crippen LogP contribution in [0.2, 0.25) is 0 Å². The lowest BCUT2D eigenvalue weighted by Crippen LogP contribution is -2.44. The van der Waals surface area contributed by atoms with Crippen LogP contribution in [0, 0.1) is 11.3 Å². The van der Waals surface area contributed by atoms with Crippen molar-refractivity contribution in [2.75, 3.05) is 25.6 Å². The SMILES string of the molecule is COCCN(C1CC1)C(C)C(=O)Nc1cccc(C#N)c1. The number of nitriles is 1. The van der Waals surface area contributed by atoms with Crippen molar-refractivity contribution in [2.45, 2.75) is 31.8 Å². The summed E-state index contributed by atoms with van der Waals surface area (Å²) in [7, 11) is 1.67. The van der Waals surface area contributed by atoms with Gasteiger partial charge in [0.25, 0.3) is 0 Å². The van der Waals surface area contributed by atoms with Crippen LogP contribution in [0.15, 0.2) is 24.3 Å². The highest BCUT2D eigenvalue weighted by molar-refractivity contribution is 5.94. The highest BCUT2D eigenvalue weighted by atomic mass is 16.5. The highest BCUT2D eigenvalue weighted by Crippen LogP contribution is 2.28. The maximum Gasteiger partial charge on any atom is 0.241 e. The number of nitrogens with zero attached hydrogens (tertiary/aromatic N) is 2. The number of carbonyl (C=O) groups excluding carboxylic acids is 1. The van der Waals surface area contributed by atoms with Crippen molar-refractivity contribution in [1.82, 2.24) is 4.90 Å². The van der Waals surface area contributed by atoms with E-state index in [0.717, 1.165) is 19.4 Å². The van der Waals surface area contributed by atoms with E-state index in [-0.39, 0.29) is 11.9 Å². The van der Waals surface area contributed by atoms with E-state index in [1.165, 1.54) is 0 Å². The van der Waals surface area contributed by atoms with Crippen LogP contribution in [0.1, 0.15) is 25.3 Å². The quantitative estimate of drug-likeness (QED) is 0.833. The van der Waals surface area contributed by atoms with E-state index >= 15 is 0 Å². The molecule has 0 bridgehead atoms. The molecular formula is C16H21N3O2. The first-order chi connectivity index (χ1) is 10.2. The number of amides is 1. The van der Waals surface area contributed by atoms with Crippen LogP contribution < -0.4 is 5.32 Å². The Hall–Kier alpha value is -1.90. The van der Waals surface area contributed by atoms with Gasteiger partial charge in [-0.1, -0.05) is 6.07 Å². The van der Waals surface area contributed by atoms with Crippen LogP contribution in [0.5, 0.6) is 0 Å². The lowest BCUT2D eigenvalue weighted by molar-refractivity contribution is -0.121. The van der Waals surface area contributed by atoms with Crippen molar-refractivity contribution < 1.29 is 9.53 Å². The topological polar surface area (TPSA) is 65.4 Å². The van der Waals surface area contributed by atoms with Crippen molar-refractivity contribution in [3.8, 4) is 6.07 Å². The van der Waals surface area contributed by atoms with Gasteiger partial charge in [0.1, 0.15) is 0 Å². The summed E-state index contributed by atoms with van der Waals surface area (Å²) >= 11 is 0. The molecule has 0 aromatic heterocycles. The third-order valence-corrected chi connectivity index (χ3v) is 3.71. The summed E-state index contributed by atoms with van der Waals surface area (Å²) in [6.07, 6.45) is 2.29. The fraction of sp³-hybridized carbons (Fsp3) is 0.500. The fourth-order valence-corrected chi connectivity index (χ4v) is 2.36. The van der Waals surface area contributed by atoms with Gasteiger partial charge >= 0.3 is 0 Å². The van der Waals surface area contributed by atoms with Gasteiger partial charge < -0.3 is 10.1 Å². The van der Waals surface area contributed by atoms with E-state index < -0.39 is 0 Å². The third kappa shape index (κ3) is 4.28. The van der Waals surface area contributed by atoms with Gasteiger partial charge in [-0.05, 0) is 38.0 Å². The number of hydrogen-bond acceptors (Lipinski definition) is 4. The number of methoxy groups -OCH3 is 1. The summed E-state index contributed by atoms with van der Waals surface area (Å²) in [6, 6.07) is 9.31. The van der Waals surface area contributed by atoms with E-state index in [2.05, 4.69) is 16.3 Å². The maximum atomic E-state index is 12.4. The zero-order valence-electron chi connectivity index (χ0n) is 12.5. The summed E-state index contributed by atoms with van der Waals surface area (Å²) < 4.78 is 5.12. The van der Waals surface area contributed by atoms with Gasteiger partial charge in [-0.2, -0.15) is 5.26 Å². The molecule has 1 N–H and O–H groups in total. The van der Waals surface area contributed by atoms with Crippen molar-refractivity contribution in [1.29, 1.82) is 5.26 Å². The van der Waals surface area contributed by atoms with Crippen LogP contribution in [0.4, 0.5) is 5.69 Å². The molecule has 0 saturated heterocycles. The van der Waals surface area contributed by atoms with E-state index in [1.54, 1.807) is 31.4 Å². The van der Waals surface area contributed by atoms with Gasteiger partial charge in [-0.3, -0.25) is 9.69 Å². The summed E-state index contributed by atoms with van der Waals surface area (Å²) in [5.41, 5.74) is 1.20. The molecule has 1 aliphatic rings. The summed E-state index contributed by atoms with van der Waals surface area (Å²) in [5, 5.41) is 11.8. The third-order valence-electron chi connectivity index (χ3n) is 3.71. The largest absolute Gasteiger partial charge is 0.383 e. The molecule has 112 valence electrons. The predicted octanol–water partition coefficient (Wildman–Crippen LogP) is 2.00. The smallest absolute Gasteiger partial charge is 0.241 e. The van der Waals surface area contributed by atoms with Crippen molar-refractivity contribution in [3.63, 3.8) is 0 Å². The van der Waals surface area contributed by atoms with Gasteiger partial charge in [0, 0.05) is 25.4 Å². The molecule has 2 rings (SSSR count). The van der Waals surface area contributed by atoms with Gasteiger partial charge in [-0.25, -0.2) is 0 Å². The number of rotatable bonds is 7. The van der Waals surface area contributed by atoms with Crippen molar-refractivity contribution in [3.05, 3.63) is 29.8 Å². The minimum absolute atomic E-state index is 0.0481. The van der Waals surface area contributed by atoms with Gasteiger partial charge in [0.15, 0.2) is 0 Å². The second-order valence-corrected chi connectivity index (χ2v) is 5.32. The van der Waals surface area contributed by atoms with Gasteiger partial charge in [0.05, 0.1) is 24.3 Å². The molecule has 1 amide bonds. The van der Waals surface area contributed by atoms with E-state index in [0.29, 0.717) is 23.9 Å². The Balaban J connectivity index is 1.98. The highest BCUT2D eigenvalue weighted by Gasteiger charge is 2.34. The zero-order valence-corrected chi connectivity index (χ0v) is 12.5. The molecular weight excluding hydrogens is 266 g/mol. The summed E-state index contributed by atoms with van der Waals surface area (Å²) in [4.78, 5) is 14.6. The van der Waals surface area contributed by atoms with Crippen LogP contribution in [-0.4, -0.2) is 43.2 Å². The molecule has 0 radical (unpaired) electrons. The van der Waals surface area contributed by atoms with Crippen LogP contribution >= 0.6 is 0 Å². The Morgan fingerprint density at radius 2 is 2.33 bits per heavy atom. The second kappa shape index (κ2) is 7.21. The van der Waals surface area contributed by atoms with Crippen LogP contribution in [0.3, 0.4) is 0 Å². The number of hydrogen-bond donors (Lipinski definition) is 1. The molecule has 5 nitrogen and oxygen atoms in total. The Kier molecular flexibility index (Phi) is 5.32. The number of anilines is 1. The molecule has 0 heterocycles. The standard InChI is InChI=1S/C16H21N3O2/c1-12(19(8-9-21-2)15-6-7-15)16(20)18-14-5-3-4-13(10-14)11-17/h3-5,10,12,15H,6-9H2,1-2H3,(H,18,20). The monoisotopic (exact) mass is 287 g/mol. The molecule has 1 fully saturated rings. The zero-order chi connectivity index (χ0) is 15.2. The molecule has 1 aromatic carbocycles. The lowest BCUT2D eigenvalue weighted by Gasteiger charge is -2.27. The average Bonchev–Trinajstić information content (AvgIpc) is 3.32. The Morgan fingerprint density at radius 3 is 2.95 bits per heavy atom. The molecule has 1 aromatic rings. The molecule has 5 heteroatoms. The summed E-state index contributed by atoms with van der Waals surface area (Å²) in [5.74, 6) is -0.0481. The van der Waals surface area contributed by atoms with Crippen LogP contribution in [0.25, 0.3) is 0 Å². The Morgan fingerprint density at radius 1 is 1.57 bits per heavy atom. The number of ether oxygens (including phenoxy) is 1. The minimum atomic E-state index is -0.210. The van der Waals surface area contributed by atoms with E-state index in [9.17, 15) is 4.79 Å². The van der Waals surface area contributed by atoms with E-state index in [4.69, 9.17) is 10.00 Å². The number of nitrogens with one attached hydrogen (secondary N) is 1. The molecule has 1 saturated carbocycles. The molecule has 1 unspecified atom stereocenters. The van der Waals surface area contributed by atoms with Gasteiger partial charge in [-0.15, -0.1) is 0 Å². The molecule has 1 aliphatic carbocycles. The van der Waals surface area contributed by atoms with Crippen molar-refractivity contribution >= 4 is 11.6 Å². The molecule has 1 atom stereocenters. The predicted molar refractivity (Wildman–Crippen MR) is 80.9 cm³/mol. The Bertz CT molecular complexity index is 535. The first-order valence-electron chi connectivity index (χ1n) is 7.21. The molecule has 0 aliphatic heterocycles. The summed E-state index contributed by atoms with van der Waals surface area (Å²) in [6.45, 7) is 3.30. The average molecular weight is 287 g/mol. The molecule has 0 spiro atoms. The lowest BCUT2D eigenvalue weighted by atomic mass is 10.2. The van der Waals surface area contributed by atoms with Crippen LogP contribution in [-0.2, 0) is 9.53 Å². The fourth-order valence-electron chi connectivity index (χ4n) is 2.36. The number of carbonyl (C=O) groups is 1. The first-order valence-corrected chi connectivity index (χ1v) is 7.21. The first kappa shape index (κ1) is 15.5. The maximum absolute atomic E-state index is 12.4. The van der Waals surface area contributed by atoms with Crippen molar-refractivity contribution in [2.24, 2.45) is 0 Å².